The summed E-state index contributed by atoms with van der Waals surface area (Å²) in [6.07, 6.45) is -6.19. The van der Waals surface area contributed by atoms with Crippen molar-refractivity contribution in [1.29, 1.82) is 0 Å². The molecule has 9 heteroatoms. The number of hydrogen-bond acceptors (Lipinski definition) is 3. The molecule has 0 N–H and O–H groups in total. The van der Waals surface area contributed by atoms with Gasteiger partial charge in [0.05, 0.1) is 18.5 Å². The van der Waals surface area contributed by atoms with Crippen LogP contribution in [0.5, 0.6) is 0 Å². The molecule has 0 bridgehead atoms. The summed E-state index contributed by atoms with van der Waals surface area (Å²) in [5.41, 5.74) is 1.34. The minimum atomic E-state index is -4.42. The van der Waals surface area contributed by atoms with Gasteiger partial charge in [0, 0.05) is 15.8 Å². The van der Waals surface area contributed by atoms with Crippen LogP contribution in [0.3, 0.4) is 0 Å². The van der Waals surface area contributed by atoms with Crippen molar-refractivity contribution in [1.82, 2.24) is 4.90 Å². The molecular formula is C23H24Cl2F3NO2S. The maximum absolute atomic E-state index is 13.6. The number of alkyl halides is 3. The van der Waals surface area contributed by atoms with E-state index < -0.39 is 36.7 Å². The third-order valence-corrected chi connectivity index (χ3v) is 6.86. The molecule has 174 valence electrons. The lowest BCUT2D eigenvalue weighted by Crippen LogP contribution is -2.53. The molecule has 0 unspecified atom stereocenters. The number of morpholine rings is 1. The lowest BCUT2D eigenvalue weighted by Gasteiger charge is -2.46. The first-order chi connectivity index (χ1) is 15.0. The molecule has 0 spiro atoms. The van der Waals surface area contributed by atoms with Crippen molar-refractivity contribution >= 4 is 40.9 Å². The summed E-state index contributed by atoms with van der Waals surface area (Å²) in [6, 6.07) is 11.9. The van der Waals surface area contributed by atoms with Gasteiger partial charge in [0.1, 0.15) is 12.7 Å². The van der Waals surface area contributed by atoms with E-state index in [-0.39, 0.29) is 17.6 Å². The molecule has 2 aromatic carbocycles. The van der Waals surface area contributed by atoms with Gasteiger partial charge in [-0.15, -0.1) is 0 Å². The third-order valence-electron chi connectivity index (χ3n) is 5.13. The zero-order valence-electron chi connectivity index (χ0n) is 17.6. The fraction of sp³-hybridized carbons (Fsp3) is 0.435. The number of nitrogens with zero attached hydrogens (tertiary/aromatic N) is 1. The van der Waals surface area contributed by atoms with E-state index in [4.69, 9.17) is 27.9 Å². The molecule has 3 nitrogen and oxygen atoms in total. The van der Waals surface area contributed by atoms with Crippen molar-refractivity contribution in [3.8, 4) is 0 Å². The normalized spacial score (nSPS) is 20.6. The molecule has 1 heterocycles. The zero-order valence-corrected chi connectivity index (χ0v) is 19.9. The highest BCUT2D eigenvalue weighted by molar-refractivity contribution is 7.99. The first-order valence-electron chi connectivity index (χ1n) is 10.2. The molecule has 1 aliphatic rings. The predicted molar refractivity (Wildman–Crippen MR) is 123 cm³/mol. The number of benzene rings is 2. The van der Waals surface area contributed by atoms with E-state index in [1.165, 1.54) is 16.7 Å². The molecule has 0 radical (unpaired) electrons. The highest BCUT2D eigenvalue weighted by Gasteiger charge is 2.45. The molecule has 2 aromatic rings. The van der Waals surface area contributed by atoms with Crippen LogP contribution < -0.4 is 0 Å². The second-order valence-electron chi connectivity index (χ2n) is 7.94. The van der Waals surface area contributed by atoms with Crippen LogP contribution >= 0.6 is 35.0 Å². The fourth-order valence-corrected chi connectivity index (χ4v) is 5.03. The highest BCUT2D eigenvalue weighted by Crippen LogP contribution is 2.44. The SMILES string of the molecule is CC(C)SC[C@H](CC(F)(F)F)N1C(=O)CO[C@H](c2cccc(Cl)c2)[C@H]1c1ccc(Cl)cc1. The Bertz CT molecular complexity index is 924. The van der Waals surface area contributed by atoms with Gasteiger partial charge in [-0.05, 0) is 40.6 Å². The van der Waals surface area contributed by atoms with Gasteiger partial charge in [0.15, 0.2) is 0 Å². The number of ether oxygens (including phenoxy) is 1. The molecule has 1 saturated heterocycles. The summed E-state index contributed by atoms with van der Waals surface area (Å²) in [5, 5.41) is 1.09. The number of carbonyl (C=O) groups excluding carboxylic acids is 1. The van der Waals surface area contributed by atoms with Gasteiger partial charge in [0.2, 0.25) is 5.91 Å². The van der Waals surface area contributed by atoms with E-state index in [0.717, 1.165) is 0 Å². The molecule has 1 aliphatic heterocycles. The summed E-state index contributed by atoms with van der Waals surface area (Å²) < 4.78 is 46.6. The summed E-state index contributed by atoms with van der Waals surface area (Å²) >= 11 is 13.6. The van der Waals surface area contributed by atoms with Crippen LogP contribution in [0, 0.1) is 0 Å². The number of hydrogen-bond donors (Lipinski definition) is 0. The first-order valence-corrected chi connectivity index (χ1v) is 12.0. The maximum Gasteiger partial charge on any atom is 0.391 e. The van der Waals surface area contributed by atoms with E-state index >= 15 is 0 Å². The summed E-state index contributed by atoms with van der Waals surface area (Å²) in [5.74, 6) is -0.309. The summed E-state index contributed by atoms with van der Waals surface area (Å²) in [7, 11) is 0. The Labute approximate surface area is 200 Å². The van der Waals surface area contributed by atoms with E-state index in [2.05, 4.69) is 0 Å². The van der Waals surface area contributed by atoms with Crippen LogP contribution in [0.25, 0.3) is 0 Å². The lowest BCUT2D eigenvalue weighted by molar-refractivity contribution is -0.176. The number of thioether (sulfide) groups is 1. The van der Waals surface area contributed by atoms with Gasteiger partial charge in [0.25, 0.3) is 0 Å². The average Bonchev–Trinajstić information content (AvgIpc) is 2.71. The molecule has 1 amide bonds. The molecule has 3 rings (SSSR count). The molecule has 0 aliphatic carbocycles. The molecule has 32 heavy (non-hydrogen) atoms. The van der Waals surface area contributed by atoms with Crippen LogP contribution in [0.2, 0.25) is 10.0 Å². The Morgan fingerprint density at radius 2 is 1.78 bits per heavy atom. The van der Waals surface area contributed by atoms with Gasteiger partial charge in [-0.25, -0.2) is 0 Å². The minimum Gasteiger partial charge on any atom is -0.361 e. The number of halogens is 5. The van der Waals surface area contributed by atoms with Gasteiger partial charge in [-0.2, -0.15) is 24.9 Å². The van der Waals surface area contributed by atoms with Crippen LogP contribution in [0.1, 0.15) is 43.5 Å². The van der Waals surface area contributed by atoms with Crippen molar-refractivity contribution in [2.24, 2.45) is 0 Å². The number of amides is 1. The Hall–Kier alpha value is -1.41. The Morgan fingerprint density at radius 1 is 1.09 bits per heavy atom. The van der Waals surface area contributed by atoms with Gasteiger partial charge >= 0.3 is 6.18 Å². The van der Waals surface area contributed by atoms with E-state index in [1.54, 1.807) is 48.5 Å². The lowest BCUT2D eigenvalue weighted by atomic mass is 9.91. The minimum absolute atomic E-state index is 0.125. The highest BCUT2D eigenvalue weighted by atomic mass is 35.5. The van der Waals surface area contributed by atoms with Crippen molar-refractivity contribution in [3.63, 3.8) is 0 Å². The Balaban J connectivity index is 2.09. The molecule has 0 aromatic heterocycles. The standard InChI is InChI=1S/C23H24Cl2F3NO2S/c1-14(2)32-13-19(11-23(26,27)28)29-20(30)12-31-22(16-4-3-5-18(25)10-16)21(29)15-6-8-17(24)9-7-15/h3-10,14,19,21-22H,11-13H2,1-2H3/t19-,21+,22+/m0/s1. The monoisotopic (exact) mass is 505 g/mol. The van der Waals surface area contributed by atoms with E-state index in [0.29, 0.717) is 21.2 Å². The van der Waals surface area contributed by atoms with Gasteiger partial charge in [-0.1, -0.05) is 61.3 Å². The first kappa shape index (κ1) is 25.2. The fourth-order valence-electron chi connectivity index (χ4n) is 3.82. The van der Waals surface area contributed by atoms with Crippen molar-refractivity contribution in [2.45, 2.75) is 49.9 Å². The number of carbonyl (C=O) groups is 1. The Morgan fingerprint density at radius 3 is 2.38 bits per heavy atom. The summed E-state index contributed by atoms with van der Waals surface area (Å²) in [6.45, 7) is 3.53. The van der Waals surface area contributed by atoms with Crippen LogP contribution in [-0.2, 0) is 9.53 Å². The van der Waals surface area contributed by atoms with Crippen molar-refractivity contribution < 1.29 is 22.7 Å². The summed E-state index contributed by atoms with van der Waals surface area (Å²) in [4.78, 5) is 14.4. The smallest absolute Gasteiger partial charge is 0.361 e. The molecule has 0 saturated carbocycles. The topological polar surface area (TPSA) is 29.5 Å². The second kappa shape index (κ2) is 10.7. The predicted octanol–water partition coefficient (Wildman–Crippen LogP) is 7.10. The average molecular weight is 506 g/mol. The van der Waals surface area contributed by atoms with E-state index in [9.17, 15) is 18.0 Å². The van der Waals surface area contributed by atoms with Crippen molar-refractivity contribution in [2.75, 3.05) is 12.4 Å². The molecule has 3 atom stereocenters. The zero-order chi connectivity index (χ0) is 23.5. The maximum atomic E-state index is 13.6. The van der Waals surface area contributed by atoms with Crippen LogP contribution in [0.4, 0.5) is 13.2 Å². The van der Waals surface area contributed by atoms with Crippen LogP contribution in [-0.4, -0.2) is 40.6 Å². The van der Waals surface area contributed by atoms with Gasteiger partial charge in [-0.3, -0.25) is 4.79 Å². The van der Waals surface area contributed by atoms with Crippen LogP contribution in [0.15, 0.2) is 48.5 Å². The van der Waals surface area contributed by atoms with E-state index in [1.807, 2.05) is 13.8 Å². The number of rotatable bonds is 7. The second-order valence-corrected chi connectivity index (χ2v) is 10.4. The largest absolute Gasteiger partial charge is 0.391 e. The Kier molecular flexibility index (Phi) is 8.42. The third kappa shape index (κ3) is 6.56. The molecular weight excluding hydrogens is 482 g/mol. The van der Waals surface area contributed by atoms with Crippen molar-refractivity contribution in [3.05, 3.63) is 69.7 Å². The molecule has 1 fully saturated rings. The van der Waals surface area contributed by atoms with Gasteiger partial charge < -0.3 is 9.64 Å². The quantitative estimate of drug-likeness (QED) is 0.401.